The van der Waals surface area contributed by atoms with Crippen LogP contribution in [-0.2, 0) is 13.2 Å². The Labute approximate surface area is 222 Å². The number of halogens is 3. The van der Waals surface area contributed by atoms with Crippen molar-refractivity contribution in [1.29, 1.82) is 0 Å². The smallest absolute Gasteiger partial charge is 0.346 e. The van der Waals surface area contributed by atoms with Gasteiger partial charge in [-0.2, -0.15) is 18.3 Å². The first kappa shape index (κ1) is 27.4. The summed E-state index contributed by atoms with van der Waals surface area (Å²) in [7, 11) is 7.37. The summed E-state index contributed by atoms with van der Waals surface area (Å²) in [5.74, 6) is -0.652. The zero-order valence-corrected chi connectivity index (χ0v) is 21.8. The van der Waals surface area contributed by atoms with Crippen LogP contribution in [0.5, 0.6) is 0 Å². The number of benzene rings is 2. The standard InChI is InChI=1S/C27H26F3N7O2/c1-31-19-9-11-20(12-10-19)35-22(13-14-33-35)24-23(25(38)32-15-16-37(3,4)5)26(39)36(34(24)2)21-8-6-7-18(17-21)27(28,29)30/h6-14,17H,15-16H2,2-5H3/p+1. The first-order chi connectivity index (χ1) is 18.3. The maximum atomic E-state index is 13.7. The monoisotopic (exact) mass is 538 g/mol. The molecule has 0 aliphatic heterocycles. The fourth-order valence-corrected chi connectivity index (χ4v) is 4.16. The molecule has 0 bridgehead atoms. The number of nitrogens with zero attached hydrogens (tertiary/aromatic N) is 6. The number of amides is 1. The molecule has 0 atom stereocenters. The Morgan fingerprint density at radius 3 is 2.38 bits per heavy atom. The second-order valence-electron chi connectivity index (χ2n) is 9.94. The minimum atomic E-state index is -4.62. The van der Waals surface area contributed by atoms with E-state index in [1.807, 2.05) is 21.1 Å². The highest BCUT2D eigenvalue weighted by Crippen LogP contribution is 2.31. The number of alkyl halides is 3. The Hall–Kier alpha value is -4.63. The maximum absolute atomic E-state index is 13.7. The normalized spacial score (nSPS) is 11.8. The molecule has 0 fully saturated rings. The van der Waals surface area contributed by atoms with Crippen molar-refractivity contribution in [1.82, 2.24) is 24.5 Å². The molecule has 0 aliphatic rings. The number of aromatic nitrogens is 4. The number of carbonyl (C=O) groups excluding carboxylic acids is 1. The number of rotatable bonds is 7. The highest BCUT2D eigenvalue weighted by atomic mass is 19.4. The Morgan fingerprint density at radius 2 is 1.77 bits per heavy atom. The summed E-state index contributed by atoms with van der Waals surface area (Å²) in [6, 6.07) is 12.5. The van der Waals surface area contributed by atoms with E-state index in [0.29, 0.717) is 28.1 Å². The third-order valence-corrected chi connectivity index (χ3v) is 6.09. The lowest BCUT2D eigenvalue weighted by Gasteiger charge is -2.23. The maximum Gasteiger partial charge on any atom is 0.416 e. The van der Waals surface area contributed by atoms with Crippen LogP contribution >= 0.6 is 0 Å². The van der Waals surface area contributed by atoms with Gasteiger partial charge in [-0.05, 0) is 36.4 Å². The van der Waals surface area contributed by atoms with Gasteiger partial charge in [-0.1, -0.05) is 18.2 Å². The Kier molecular flexibility index (Phi) is 7.21. The van der Waals surface area contributed by atoms with Gasteiger partial charge < -0.3 is 9.80 Å². The summed E-state index contributed by atoms with van der Waals surface area (Å²) in [5.41, 5.74) is -0.433. The minimum Gasteiger partial charge on any atom is -0.346 e. The van der Waals surface area contributed by atoms with E-state index < -0.39 is 23.2 Å². The third-order valence-electron chi connectivity index (χ3n) is 6.09. The van der Waals surface area contributed by atoms with Crippen LogP contribution in [0.25, 0.3) is 27.6 Å². The second kappa shape index (κ2) is 10.3. The van der Waals surface area contributed by atoms with Crippen molar-refractivity contribution in [3.05, 3.63) is 93.7 Å². The van der Waals surface area contributed by atoms with Gasteiger partial charge in [0, 0.05) is 7.05 Å². The first-order valence-electron chi connectivity index (χ1n) is 11.9. The molecule has 0 unspecified atom stereocenters. The van der Waals surface area contributed by atoms with E-state index in [1.54, 1.807) is 30.3 Å². The molecule has 2 aromatic carbocycles. The molecule has 1 N–H and O–H groups in total. The van der Waals surface area contributed by atoms with Gasteiger partial charge in [-0.3, -0.25) is 14.3 Å². The number of likely N-dealkylation sites (N-methyl/N-ethyl adjacent to an activating group) is 1. The fourth-order valence-electron chi connectivity index (χ4n) is 4.16. The van der Waals surface area contributed by atoms with E-state index in [2.05, 4.69) is 15.3 Å². The lowest BCUT2D eigenvalue weighted by molar-refractivity contribution is -0.869. The summed E-state index contributed by atoms with van der Waals surface area (Å²) in [6.07, 6.45) is -3.13. The van der Waals surface area contributed by atoms with E-state index in [1.165, 1.54) is 34.7 Å². The number of hydrogen-bond donors (Lipinski definition) is 1. The van der Waals surface area contributed by atoms with Gasteiger partial charge in [-0.25, -0.2) is 14.2 Å². The van der Waals surface area contributed by atoms with Crippen molar-refractivity contribution in [2.75, 3.05) is 34.2 Å². The molecular formula is C27H27F3N7O2+. The minimum absolute atomic E-state index is 0.0449. The predicted molar refractivity (Wildman–Crippen MR) is 140 cm³/mol. The predicted octanol–water partition coefficient (Wildman–Crippen LogP) is 4.03. The number of carbonyl (C=O) groups is 1. The molecule has 2 heterocycles. The summed E-state index contributed by atoms with van der Waals surface area (Å²) < 4.78 is 44.9. The van der Waals surface area contributed by atoms with Crippen LogP contribution in [-0.4, -0.2) is 63.8 Å². The summed E-state index contributed by atoms with van der Waals surface area (Å²) in [4.78, 5) is 30.5. The molecule has 12 heteroatoms. The van der Waals surface area contributed by atoms with Crippen molar-refractivity contribution in [2.45, 2.75) is 6.18 Å². The number of hydrogen-bond acceptors (Lipinski definition) is 3. The zero-order valence-electron chi connectivity index (χ0n) is 21.8. The molecule has 9 nitrogen and oxygen atoms in total. The molecule has 0 saturated heterocycles. The SMILES string of the molecule is [C-]#[N+]c1ccc(-n2nccc2-c2c(C(=O)NCC[N+](C)(C)C)c(=O)n(-c3cccc(C(F)(F)F)c3)n2C)cc1. The highest BCUT2D eigenvalue weighted by molar-refractivity contribution is 5.99. The molecule has 0 aliphatic carbocycles. The van der Waals surface area contributed by atoms with Gasteiger partial charge in [0.15, 0.2) is 5.69 Å². The third kappa shape index (κ3) is 5.63. The molecule has 0 radical (unpaired) electrons. The molecule has 0 spiro atoms. The lowest BCUT2D eigenvalue weighted by atomic mass is 10.1. The van der Waals surface area contributed by atoms with Gasteiger partial charge in [0.25, 0.3) is 11.5 Å². The van der Waals surface area contributed by atoms with Crippen molar-refractivity contribution < 1.29 is 22.4 Å². The Bertz CT molecular complexity index is 1620. The summed E-state index contributed by atoms with van der Waals surface area (Å²) >= 11 is 0. The molecule has 39 heavy (non-hydrogen) atoms. The largest absolute Gasteiger partial charge is 0.416 e. The van der Waals surface area contributed by atoms with Gasteiger partial charge in [0.05, 0.1) is 69.6 Å². The van der Waals surface area contributed by atoms with Crippen molar-refractivity contribution >= 4 is 11.6 Å². The Balaban J connectivity index is 1.91. The van der Waals surface area contributed by atoms with E-state index >= 15 is 0 Å². The van der Waals surface area contributed by atoms with E-state index in [-0.39, 0.29) is 23.5 Å². The van der Waals surface area contributed by atoms with Crippen LogP contribution in [0.1, 0.15) is 15.9 Å². The molecular weight excluding hydrogens is 511 g/mol. The molecule has 1 amide bonds. The van der Waals surface area contributed by atoms with Crippen molar-refractivity contribution in [3.8, 4) is 22.8 Å². The van der Waals surface area contributed by atoms with Crippen LogP contribution in [0.3, 0.4) is 0 Å². The zero-order chi connectivity index (χ0) is 28.5. The topological polar surface area (TPSA) is 78.2 Å². The molecule has 202 valence electrons. The molecule has 0 saturated carbocycles. The number of nitrogens with one attached hydrogen (secondary N) is 1. The molecule has 2 aromatic heterocycles. The van der Waals surface area contributed by atoms with Crippen LogP contribution in [0, 0.1) is 6.57 Å². The van der Waals surface area contributed by atoms with Gasteiger partial charge >= 0.3 is 6.18 Å². The van der Waals surface area contributed by atoms with Crippen LogP contribution in [0.15, 0.2) is 65.6 Å². The fraction of sp³-hybridized carbons (Fsp3) is 0.259. The Morgan fingerprint density at radius 1 is 1.08 bits per heavy atom. The van der Waals surface area contributed by atoms with E-state index in [9.17, 15) is 22.8 Å². The summed E-state index contributed by atoms with van der Waals surface area (Å²) in [5, 5.41) is 7.12. The highest BCUT2D eigenvalue weighted by Gasteiger charge is 2.32. The molecule has 4 rings (SSSR count). The first-order valence-corrected chi connectivity index (χ1v) is 11.9. The van der Waals surface area contributed by atoms with E-state index in [0.717, 1.165) is 16.8 Å². The lowest BCUT2D eigenvalue weighted by Crippen LogP contribution is -2.42. The second-order valence-corrected chi connectivity index (χ2v) is 9.94. The van der Waals surface area contributed by atoms with Gasteiger partial charge in [0.1, 0.15) is 11.3 Å². The van der Waals surface area contributed by atoms with Crippen molar-refractivity contribution in [3.63, 3.8) is 0 Å². The molecule has 4 aromatic rings. The number of quaternary nitrogens is 1. The van der Waals surface area contributed by atoms with Crippen LogP contribution in [0.4, 0.5) is 18.9 Å². The van der Waals surface area contributed by atoms with E-state index in [4.69, 9.17) is 6.57 Å². The quantitative estimate of drug-likeness (QED) is 0.285. The van der Waals surface area contributed by atoms with Crippen LogP contribution < -0.4 is 10.9 Å². The van der Waals surface area contributed by atoms with Crippen LogP contribution in [0.2, 0.25) is 0 Å². The van der Waals surface area contributed by atoms with Gasteiger partial charge in [0.2, 0.25) is 0 Å². The average Bonchev–Trinajstić information content (AvgIpc) is 3.44. The van der Waals surface area contributed by atoms with Gasteiger partial charge in [-0.15, -0.1) is 0 Å². The average molecular weight is 539 g/mol. The summed E-state index contributed by atoms with van der Waals surface area (Å²) in [6.45, 7) is 8.03. The van der Waals surface area contributed by atoms with Crippen molar-refractivity contribution in [2.24, 2.45) is 7.05 Å².